The van der Waals surface area contributed by atoms with Gasteiger partial charge < -0.3 is 15.8 Å². The molecule has 1 aromatic heterocycles. The Morgan fingerprint density at radius 1 is 1.43 bits per heavy atom. The Kier molecular flexibility index (Phi) is 6.49. The lowest BCUT2D eigenvalue weighted by Crippen LogP contribution is -2.31. The van der Waals surface area contributed by atoms with E-state index in [-0.39, 0.29) is 0 Å². The van der Waals surface area contributed by atoms with Crippen molar-refractivity contribution in [1.82, 2.24) is 4.98 Å². The van der Waals surface area contributed by atoms with E-state index in [1.165, 1.54) is 0 Å². The maximum Gasteiger partial charge on any atom is 0.320 e. The lowest BCUT2D eigenvalue weighted by atomic mass is 10.1. The van der Waals surface area contributed by atoms with Crippen LogP contribution in [0.1, 0.15) is 20.3 Å². The Balaban J connectivity index is 0.000000280. The summed E-state index contributed by atoms with van der Waals surface area (Å²) in [6.07, 6.45) is 4.30. The fourth-order valence-corrected chi connectivity index (χ4v) is 0.886. The third kappa shape index (κ3) is 7.36. The first kappa shape index (κ1) is 12.7. The first-order valence-corrected chi connectivity index (χ1v) is 4.60. The van der Waals surface area contributed by atoms with Crippen molar-refractivity contribution in [2.75, 3.05) is 0 Å². The second-order valence-corrected chi connectivity index (χ2v) is 3.46. The second kappa shape index (κ2) is 7.15. The molecule has 14 heavy (non-hydrogen) atoms. The number of nitrogens with one attached hydrogen (secondary N) is 1. The summed E-state index contributed by atoms with van der Waals surface area (Å²) >= 11 is 0. The van der Waals surface area contributed by atoms with Gasteiger partial charge in [0.25, 0.3) is 0 Å². The minimum absolute atomic E-state index is 0.357. The highest BCUT2D eigenvalue weighted by Gasteiger charge is 2.11. The van der Waals surface area contributed by atoms with Crippen molar-refractivity contribution in [1.29, 1.82) is 0 Å². The van der Waals surface area contributed by atoms with Gasteiger partial charge in [0.05, 0.1) is 0 Å². The summed E-state index contributed by atoms with van der Waals surface area (Å²) in [7, 11) is 0. The van der Waals surface area contributed by atoms with Crippen LogP contribution in [0.4, 0.5) is 0 Å². The van der Waals surface area contributed by atoms with Crippen LogP contribution in [-0.4, -0.2) is 22.1 Å². The van der Waals surface area contributed by atoms with Crippen molar-refractivity contribution < 1.29 is 9.90 Å². The van der Waals surface area contributed by atoms with Crippen LogP contribution >= 0.6 is 0 Å². The number of aliphatic carboxylic acids is 1. The third-order valence-corrected chi connectivity index (χ3v) is 1.54. The van der Waals surface area contributed by atoms with Gasteiger partial charge in [-0.2, -0.15) is 0 Å². The van der Waals surface area contributed by atoms with Crippen molar-refractivity contribution in [3.05, 3.63) is 24.5 Å². The molecule has 0 saturated heterocycles. The Hall–Kier alpha value is -1.29. The molecule has 0 spiro atoms. The number of H-pyrrole nitrogens is 1. The lowest BCUT2D eigenvalue weighted by Gasteiger charge is -2.07. The number of hydrogen-bond donors (Lipinski definition) is 3. The normalized spacial score (nSPS) is 11.7. The summed E-state index contributed by atoms with van der Waals surface area (Å²) in [6, 6.07) is 3.20. The molecule has 0 aliphatic carbocycles. The second-order valence-electron chi connectivity index (χ2n) is 3.46. The molecular weight excluding hydrogens is 180 g/mol. The fourth-order valence-electron chi connectivity index (χ4n) is 0.886. The SMILES string of the molecule is CC(C)CC(N)C(=O)O.c1cc[nH]c1. The predicted molar refractivity (Wildman–Crippen MR) is 55.9 cm³/mol. The van der Waals surface area contributed by atoms with Gasteiger partial charge in [0.15, 0.2) is 0 Å². The average molecular weight is 198 g/mol. The Labute approximate surface area is 84.1 Å². The molecule has 0 saturated carbocycles. The van der Waals surface area contributed by atoms with Gasteiger partial charge in [-0.3, -0.25) is 4.79 Å². The van der Waals surface area contributed by atoms with Crippen LogP contribution in [0.3, 0.4) is 0 Å². The van der Waals surface area contributed by atoms with E-state index in [0.717, 1.165) is 0 Å². The number of aromatic nitrogens is 1. The zero-order chi connectivity index (χ0) is 11.0. The number of carboxylic acid groups (broad SMARTS) is 1. The van der Waals surface area contributed by atoms with Gasteiger partial charge in [0.1, 0.15) is 6.04 Å². The number of nitrogens with two attached hydrogens (primary N) is 1. The van der Waals surface area contributed by atoms with Crippen molar-refractivity contribution in [2.45, 2.75) is 26.3 Å². The van der Waals surface area contributed by atoms with Crippen LogP contribution in [0.25, 0.3) is 0 Å². The zero-order valence-corrected chi connectivity index (χ0v) is 8.60. The molecule has 1 aromatic rings. The number of carboxylic acids is 1. The van der Waals surface area contributed by atoms with Crippen LogP contribution in [0.5, 0.6) is 0 Å². The molecular formula is C10H18N2O2. The zero-order valence-electron chi connectivity index (χ0n) is 8.60. The molecule has 0 bridgehead atoms. The summed E-state index contributed by atoms with van der Waals surface area (Å²) in [4.78, 5) is 13.0. The minimum atomic E-state index is -0.913. The van der Waals surface area contributed by atoms with Gasteiger partial charge >= 0.3 is 5.97 Å². The molecule has 0 aliphatic rings. The average Bonchev–Trinajstić information content (AvgIpc) is 2.59. The molecule has 1 atom stereocenters. The molecule has 80 valence electrons. The predicted octanol–water partition coefficient (Wildman–Crippen LogP) is 1.46. The van der Waals surface area contributed by atoms with Gasteiger partial charge in [-0.25, -0.2) is 0 Å². The molecule has 0 amide bonds. The van der Waals surface area contributed by atoms with E-state index in [4.69, 9.17) is 10.8 Å². The summed E-state index contributed by atoms with van der Waals surface area (Å²) in [5, 5.41) is 8.31. The topological polar surface area (TPSA) is 79.1 Å². The highest BCUT2D eigenvalue weighted by atomic mass is 16.4. The molecule has 4 N–H and O–H groups in total. The fraction of sp³-hybridized carbons (Fsp3) is 0.500. The standard InChI is InChI=1S/C6H13NO2.C4H5N/c1-4(2)3-5(7)6(8)9;1-2-4-5-3-1/h4-5H,3,7H2,1-2H3,(H,8,9);1-5H. The van der Waals surface area contributed by atoms with Crippen molar-refractivity contribution in [2.24, 2.45) is 11.7 Å². The summed E-state index contributed by atoms with van der Waals surface area (Å²) in [5.74, 6) is -0.556. The number of hydrogen-bond acceptors (Lipinski definition) is 2. The van der Waals surface area contributed by atoms with E-state index >= 15 is 0 Å². The largest absolute Gasteiger partial charge is 0.480 e. The van der Waals surface area contributed by atoms with E-state index < -0.39 is 12.0 Å². The van der Waals surface area contributed by atoms with Gasteiger partial charge in [0.2, 0.25) is 0 Å². The quantitative estimate of drug-likeness (QED) is 0.688. The van der Waals surface area contributed by atoms with Crippen LogP contribution in [0.2, 0.25) is 0 Å². The van der Waals surface area contributed by atoms with E-state index in [0.29, 0.717) is 12.3 Å². The van der Waals surface area contributed by atoms with E-state index in [1.807, 2.05) is 38.4 Å². The summed E-state index contributed by atoms with van der Waals surface area (Å²) < 4.78 is 0. The van der Waals surface area contributed by atoms with E-state index in [9.17, 15) is 4.79 Å². The summed E-state index contributed by atoms with van der Waals surface area (Å²) in [5.41, 5.74) is 5.22. The van der Waals surface area contributed by atoms with Crippen LogP contribution in [-0.2, 0) is 4.79 Å². The monoisotopic (exact) mass is 198 g/mol. The number of aromatic amines is 1. The molecule has 1 heterocycles. The van der Waals surface area contributed by atoms with Gasteiger partial charge in [-0.1, -0.05) is 13.8 Å². The van der Waals surface area contributed by atoms with Crippen LogP contribution in [0, 0.1) is 5.92 Å². The molecule has 1 unspecified atom stereocenters. The first-order valence-electron chi connectivity index (χ1n) is 4.60. The highest BCUT2D eigenvalue weighted by Crippen LogP contribution is 2.01. The highest BCUT2D eigenvalue weighted by molar-refractivity contribution is 5.72. The summed E-state index contributed by atoms with van der Waals surface area (Å²) in [6.45, 7) is 3.89. The Morgan fingerprint density at radius 3 is 2.07 bits per heavy atom. The Bertz CT molecular complexity index is 215. The van der Waals surface area contributed by atoms with Crippen molar-refractivity contribution in [3.63, 3.8) is 0 Å². The van der Waals surface area contributed by atoms with Crippen molar-refractivity contribution >= 4 is 5.97 Å². The molecule has 1 rings (SSSR count). The molecule has 0 radical (unpaired) electrons. The minimum Gasteiger partial charge on any atom is -0.480 e. The van der Waals surface area contributed by atoms with Gasteiger partial charge in [-0.15, -0.1) is 0 Å². The van der Waals surface area contributed by atoms with E-state index in [2.05, 4.69) is 4.98 Å². The third-order valence-electron chi connectivity index (χ3n) is 1.54. The van der Waals surface area contributed by atoms with E-state index in [1.54, 1.807) is 0 Å². The molecule has 0 fully saturated rings. The first-order chi connectivity index (χ1) is 6.54. The Morgan fingerprint density at radius 2 is 1.93 bits per heavy atom. The smallest absolute Gasteiger partial charge is 0.320 e. The molecule has 4 nitrogen and oxygen atoms in total. The van der Waals surface area contributed by atoms with Crippen LogP contribution in [0.15, 0.2) is 24.5 Å². The van der Waals surface area contributed by atoms with Gasteiger partial charge in [0, 0.05) is 12.4 Å². The maximum absolute atomic E-state index is 10.1. The molecule has 4 heteroatoms. The van der Waals surface area contributed by atoms with Gasteiger partial charge in [-0.05, 0) is 24.5 Å². The maximum atomic E-state index is 10.1. The van der Waals surface area contributed by atoms with Crippen molar-refractivity contribution in [3.8, 4) is 0 Å². The molecule has 0 aliphatic heterocycles. The number of rotatable bonds is 3. The molecule has 0 aromatic carbocycles. The number of carbonyl (C=O) groups is 1. The van der Waals surface area contributed by atoms with Crippen LogP contribution < -0.4 is 5.73 Å². The lowest BCUT2D eigenvalue weighted by molar-refractivity contribution is -0.138.